The van der Waals surface area contributed by atoms with Crippen molar-refractivity contribution in [2.75, 3.05) is 38.2 Å². The Morgan fingerprint density at radius 1 is 1.09 bits per heavy atom. The van der Waals surface area contributed by atoms with Crippen LogP contribution in [0.5, 0.6) is 0 Å². The van der Waals surface area contributed by atoms with Crippen LogP contribution >= 0.6 is 0 Å². The Morgan fingerprint density at radius 3 is 2.41 bits per heavy atom. The molecule has 1 saturated heterocycles. The molecule has 0 unspecified atom stereocenters. The molecule has 0 saturated carbocycles. The van der Waals surface area contributed by atoms with Crippen LogP contribution < -0.4 is 5.32 Å². The van der Waals surface area contributed by atoms with Gasteiger partial charge in [0.2, 0.25) is 0 Å². The summed E-state index contributed by atoms with van der Waals surface area (Å²) in [6.07, 6.45) is 1.95. The number of nitrogens with zero attached hydrogens (tertiary/aromatic N) is 1. The fourth-order valence-corrected chi connectivity index (χ4v) is 4.54. The van der Waals surface area contributed by atoms with Crippen LogP contribution in [0, 0.1) is 6.92 Å². The first-order valence-electron chi connectivity index (χ1n) is 11.9. The van der Waals surface area contributed by atoms with E-state index in [1.165, 1.54) is 6.54 Å². The fourth-order valence-electron chi connectivity index (χ4n) is 4.54. The van der Waals surface area contributed by atoms with E-state index in [9.17, 15) is 4.79 Å². The van der Waals surface area contributed by atoms with Crippen molar-refractivity contribution in [3.8, 4) is 11.1 Å². The average Bonchev–Trinajstić information content (AvgIpc) is 3.36. The topological polar surface area (TPSA) is 57.4 Å². The van der Waals surface area contributed by atoms with Crippen molar-refractivity contribution in [3.63, 3.8) is 0 Å². The van der Waals surface area contributed by atoms with E-state index in [1.54, 1.807) is 0 Å². The number of rotatable bonds is 4. The number of anilines is 1. The fraction of sp³-hybridized carbons (Fsp3) is 0.276. The van der Waals surface area contributed by atoms with Crippen LogP contribution in [0.2, 0.25) is 0 Å². The van der Waals surface area contributed by atoms with Gasteiger partial charge in [0, 0.05) is 46.9 Å². The zero-order valence-electron chi connectivity index (χ0n) is 20.3. The van der Waals surface area contributed by atoms with E-state index in [0.717, 1.165) is 71.2 Å². The van der Waals surface area contributed by atoms with Gasteiger partial charge in [0.15, 0.2) is 0 Å². The van der Waals surface area contributed by atoms with Crippen molar-refractivity contribution in [2.45, 2.75) is 20.8 Å². The molecule has 1 aromatic heterocycles. The minimum Gasteiger partial charge on any atom is -0.379 e. The predicted octanol–water partition coefficient (Wildman–Crippen LogP) is 5.85. The number of carbonyl (C=O) groups excluding carboxylic acids is 1. The van der Waals surface area contributed by atoms with Gasteiger partial charge in [-0.15, -0.1) is 0 Å². The van der Waals surface area contributed by atoms with E-state index in [2.05, 4.69) is 40.8 Å². The van der Waals surface area contributed by atoms with Gasteiger partial charge in [-0.25, -0.2) is 0 Å². The molecule has 5 nitrogen and oxygen atoms in total. The summed E-state index contributed by atoms with van der Waals surface area (Å²) in [5, 5.41) is 2.93. The van der Waals surface area contributed by atoms with E-state index < -0.39 is 0 Å². The third-order valence-electron chi connectivity index (χ3n) is 6.26. The average molecular weight is 456 g/mol. The van der Waals surface area contributed by atoms with Gasteiger partial charge in [-0.3, -0.25) is 9.69 Å². The van der Waals surface area contributed by atoms with Crippen molar-refractivity contribution in [1.82, 2.24) is 9.88 Å². The molecule has 2 aromatic carbocycles. The molecule has 5 heteroatoms. The number of amides is 1. The Hall–Kier alpha value is -3.41. The van der Waals surface area contributed by atoms with Crippen molar-refractivity contribution < 1.29 is 9.53 Å². The molecule has 176 valence electrons. The molecule has 1 amide bonds. The molecule has 2 aliphatic heterocycles. The van der Waals surface area contributed by atoms with Gasteiger partial charge in [0.05, 0.1) is 18.8 Å². The first-order chi connectivity index (χ1) is 16.5. The third kappa shape index (κ3) is 5.06. The summed E-state index contributed by atoms with van der Waals surface area (Å²) in [5.74, 6) is -0.0747. The highest BCUT2D eigenvalue weighted by molar-refractivity contribution is 6.35. The molecule has 2 N–H and O–H groups in total. The zero-order chi connectivity index (χ0) is 24.1. The van der Waals surface area contributed by atoms with E-state index in [0.29, 0.717) is 5.57 Å². The standard InChI is InChI=1S/C23H20N2O.C6H13NO/c1-14(2)21-15(3)24-20(22(21)16-9-5-4-6-10-16)13-18-17-11-7-8-12-19(17)25-23(18)26;1-2-7-3-5-8-6-4-7/h4-13,24H,1H2,2-3H3,(H,25,26);2-6H2,1H3/b18-13-;. The number of carbonyl (C=O) groups is 1. The number of hydrogen-bond acceptors (Lipinski definition) is 3. The molecule has 34 heavy (non-hydrogen) atoms. The van der Waals surface area contributed by atoms with Gasteiger partial charge in [0.25, 0.3) is 5.91 Å². The lowest BCUT2D eigenvalue weighted by atomic mass is 9.95. The van der Waals surface area contributed by atoms with Gasteiger partial charge in [-0.2, -0.15) is 0 Å². The Morgan fingerprint density at radius 2 is 1.76 bits per heavy atom. The highest BCUT2D eigenvalue weighted by Crippen LogP contribution is 2.38. The number of aromatic amines is 1. The van der Waals surface area contributed by atoms with Crippen LogP contribution in [0.4, 0.5) is 5.69 Å². The summed E-state index contributed by atoms with van der Waals surface area (Å²) in [5.41, 5.74) is 8.73. The summed E-state index contributed by atoms with van der Waals surface area (Å²) < 4.78 is 5.16. The number of hydrogen-bond donors (Lipinski definition) is 2. The summed E-state index contributed by atoms with van der Waals surface area (Å²) >= 11 is 0. The number of aryl methyl sites for hydroxylation is 1. The van der Waals surface area contributed by atoms with E-state index in [-0.39, 0.29) is 5.91 Å². The Bertz CT molecular complexity index is 1200. The lowest BCUT2D eigenvalue weighted by molar-refractivity contribution is -0.110. The van der Waals surface area contributed by atoms with Crippen LogP contribution in [0.1, 0.15) is 36.4 Å². The largest absolute Gasteiger partial charge is 0.379 e. The second-order valence-electron chi connectivity index (χ2n) is 8.66. The maximum atomic E-state index is 12.5. The number of para-hydroxylation sites is 1. The number of nitrogens with one attached hydrogen (secondary N) is 2. The van der Waals surface area contributed by atoms with Crippen molar-refractivity contribution >= 4 is 28.8 Å². The summed E-state index contributed by atoms with van der Waals surface area (Å²) in [7, 11) is 0. The lowest BCUT2D eigenvalue weighted by Gasteiger charge is -2.24. The molecule has 1 fully saturated rings. The number of benzene rings is 2. The molecule has 0 atom stereocenters. The maximum Gasteiger partial charge on any atom is 0.256 e. The minimum atomic E-state index is -0.0747. The molecule has 0 aliphatic carbocycles. The van der Waals surface area contributed by atoms with Gasteiger partial charge in [0.1, 0.15) is 0 Å². The van der Waals surface area contributed by atoms with Crippen LogP contribution in [0.15, 0.2) is 61.2 Å². The SMILES string of the molecule is C=C(C)c1c(C)[nH]c(/C=C2\C(=O)Nc3ccccc32)c1-c1ccccc1.CCN1CCOCC1. The van der Waals surface area contributed by atoms with Gasteiger partial charge in [-0.1, -0.05) is 62.0 Å². The summed E-state index contributed by atoms with van der Waals surface area (Å²) in [6, 6.07) is 18.0. The molecular weight excluding hydrogens is 422 g/mol. The van der Waals surface area contributed by atoms with Crippen molar-refractivity contribution in [1.29, 1.82) is 0 Å². The Labute approximate surface area is 202 Å². The Kier molecular flexibility index (Phi) is 7.46. The number of likely N-dealkylation sites (N-methyl/N-ethyl adjacent to an activating group) is 1. The highest BCUT2D eigenvalue weighted by atomic mass is 16.5. The normalized spacial score (nSPS) is 16.6. The van der Waals surface area contributed by atoms with E-state index in [4.69, 9.17) is 4.74 Å². The zero-order valence-corrected chi connectivity index (χ0v) is 20.3. The monoisotopic (exact) mass is 455 g/mol. The molecule has 5 rings (SSSR count). The predicted molar refractivity (Wildman–Crippen MR) is 142 cm³/mol. The highest BCUT2D eigenvalue weighted by Gasteiger charge is 2.25. The molecule has 0 spiro atoms. The number of ether oxygens (including phenoxy) is 1. The van der Waals surface area contributed by atoms with Gasteiger partial charge < -0.3 is 15.0 Å². The molecule has 3 heterocycles. The van der Waals surface area contributed by atoms with Crippen LogP contribution in [0.3, 0.4) is 0 Å². The lowest BCUT2D eigenvalue weighted by Crippen LogP contribution is -2.35. The minimum absolute atomic E-state index is 0.0747. The number of H-pyrrole nitrogens is 1. The molecule has 0 bridgehead atoms. The van der Waals surface area contributed by atoms with Gasteiger partial charge in [-0.05, 0) is 43.7 Å². The van der Waals surface area contributed by atoms with E-state index in [1.807, 2.05) is 62.4 Å². The van der Waals surface area contributed by atoms with E-state index >= 15 is 0 Å². The second kappa shape index (κ2) is 10.7. The summed E-state index contributed by atoms with van der Waals surface area (Å²) in [4.78, 5) is 18.3. The molecule has 0 radical (unpaired) electrons. The molecule has 2 aliphatic rings. The number of fused-ring (bicyclic) bond motifs is 1. The first kappa shape index (κ1) is 23.7. The van der Waals surface area contributed by atoms with Crippen LogP contribution in [-0.4, -0.2) is 48.6 Å². The number of allylic oxidation sites excluding steroid dienone is 1. The number of morpholine rings is 1. The first-order valence-corrected chi connectivity index (χ1v) is 11.9. The van der Waals surface area contributed by atoms with Crippen LogP contribution in [0.25, 0.3) is 28.3 Å². The Balaban J connectivity index is 0.000000291. The van der Waals surface area contributed by atoms with Crippen molar-refractivity contribution in [2.24, 2.45) is 0 Å². The van der Waals surface area contributed by atoms with Crippen molar-refractivity contribution in [3.05, 3.63) is 83.7 Å². The van der Waals surface area contributed by atoms with Crippen LogP contribution in [-0.2, 0) is 9.53 Å². The number of aromatic nitrogens is 1. The molecule has 3 aromatic rings. The summed E-state index contributed by atoms with van der Waals surface area (Å²) in [6.45, 7) is 15.7. The van der Waals surface area contributed by atoms with Gasteiger partial charge >= 0.3 is 0 Å². The maximum absolute atomic E-state index is 12.5. The second-order valence-corrected chi connectivity index (χ2v) is 8.66. The quantitative estimate of drug-likeness (QED) is 0.485. The smallest absolute Gasteiger partial charge is 0.256 e. The molecular formula is C29H33N3O2. The third-order valence-corrected chi connectivity index (χ3v) is 6.26.